The molecule has 0 aliphatic heterocycles. The van der Waals surface area contributed by atoms with Gasteiger partial charge < -0.3 is 14.2 Å². The first-order valence-electron chi connectivity index (χ1n) is 8.79. The van der Waals surface area contributed by atoms with Crippen LogP contribution in [0.3, 0.4) is 0 Å². The largest absolute Gasteiger partial charge is 0.383 e. The number of amides is 1. The smallest absolute Gasteiger partial charge is 0.228 e. The molecular weight excluding hydrogens is 312 g/mol. The van der Waals surface area contributed by atoms with E-state index in [0.29, 0.717) is 19.7 Å². The molecule has 0 aliphatic carbocycles. The lowest BCUT2D eigenvalue weighted by molar-refractivity contribution is -0.140. The molecule has 0 radical (unpaired) electrons. The van der Waals surface area contributed by atoms with Crippen molar-refractivity contribution in [2.24, 2.45) is 5.41 Å². The SMILES string of the molecule is COCCN(Cc1cccn1Cc1cccc(C)c1)C(=O)C(C)(C)C. The van der Waals surface area contributed by atoms with Crippen molar-refractivity contribution in [3.63, 3.8) is 0 Å². The van der Waals surface area contributed by atoms with Gasteiger partial charge in [0, 0.05) is 37.5 Å². The number of rotatable bonds is 7. The fraction of sp³-hybridized carbons (Fsp3) is 0.476. The summed E-state index contributed by atoms with van der Waals surface area (Å²) in [5.74, 6) is 0.146. The molecule has 1 aromatic carbocycles. The highest BCUT2D eigenvalue weighted by molar-refractivity contribution is 5.81. The molecule has 0 spiro atoms. The first-order chi connectivity index (χ1) is 11.8. The zero-order valence-corrected chi connectivity index (χ0v) is 16.1. The Bertz CT molecular complexity index is 698. The minimum atomic E-state index is -0.401. The Balaban J connectivity index is 2.17. The zero-order valence-electron chi connectivity index (χ0n) is 16.1. The fourth-order valence-electron chi connectivity index (χ4n) is 2.88. The monoisotopic (exact) mass is 342 g/mol. The molecule has 0 saturated carbocycles. The number of hydrogen-bond donors (Lipinski definition) is 0. The maximum atomic E-state index is 12.8. The van der Waals surface area contributed by atoms with E-state index < -0.39 is 5.41 Å². The van der Waals surface area contributed by atoms with Crippen LogP contribution in [0.25, 0.3) is 0 Å². The Hall–Kier alpha value is -2.07. The Kier molecular flexibility index (Phi) is 6.43. The second-order valence-electron chi connectivity index (χ2n) is 7.59. The molecule has 0 fully saturated rings. The van der Waals surface area contributed by atoms with Crippen molar-refractivity contribution in [2.45, 2.75) is 40.8 Å². The fourth-order valence-corrected chi connectivity index (χ4v) is 2.88. The summed E-state index contributed by atoms with van der Waals surface area (Å²) in [6, 6.07) is 12.7. The van der Waals surface area contributed by atoms with E-state index in [0.717, 1.165) is 12.2 Å². The molecule has 0 aliphatic rings. The number of hydrogen-bond acceptors (Lipinski definition) is 2. The molecular formula is C21H30N2O2. The van der Waals surface area contributed by atoms with Crippen molar-refractivity contribution >= 4 is 5.91 Å². The maximum absolute atomic E-state index is 12.8. The molecule has 0 atom stereocenters. The number of nitrogens with zero attached hydrogens (tertiary/aromatic N) is 2. The summed E-state index contributed by atoms with van der Waals surface area (Å²) in [7, 11) is 1.67. The van der Waals surface area contributed by atoms with Crippen LogP contribution >= 0.6 is 0 Å². The van der Waals surface area contributed by atoms with Gasteiger partial charge in [-0.1, -0.05) is 50.6 Å². The molecule has 0 unspecified atom stereocenters. The van der Waals surface area contributed by atoms with Crippen molar-refractivity contribution in [3.05, 3.63) is 59.4 Å². The highest BCUT2D eigenvalue weighted by Crippen LogP contribution is 2.20. The second-order valence-corrected chi connectivity index (χ2v) is 7.59. The molecule has 4 heteroatoms. The van der Waals surface area contributed by atoms with Gasteiger partial charge in [-0.05, 0) is 24.6 Å². The first kappa shape index (κ1) is 19.3. The van der Waals surface area contributed by atoms with Gasteiger partial charge in [0.25, 0.3) is 0 Å². The normalized spacial score (nSPS) is 11.6. The van der Waals surface area contributed by atoms with Crippen molar-refractivity contribution in [1.29, 1.82) is 0 Å². The van der Waals surface area contributed by atoms with E-state index in [-0.39, 0.29) is 5.91 Å². The summed E-state index contributed by atoms with van der Waals surface area (Å²) in [5.41, 5.74) is 3.26. The van der Waals surface area contributed by atoms with Gasteiger partial charge in [0.15, 0.2) is 0 Å². The van der Waals surface area contributed by atoms with E-state index in [1.165, 1.54) is 11.1 Å². The lowest BCUT2D eigenvalue weighted by Gasteiger charge is -2.29. The lowest BCUT2D eigenvalue weighted by Crippen LogP contribution is -2.41. The van der Waals surface area contributed by atoms with Gasteiger partial charge in [0.1, 0.15) is 0 Å². The van der Waals surface area contributed by atoms with Crippen LogP contribution in [0, 0.1) is 12.3 Å². The van der Waals surface area contributed by atoms with Crippen LogP contribution in [0.4, 0.5) is 0 Å². The molecule has 25 heavy (non-hydrogen) atoms. The van der Waals surface area contributed by atoms with Crippen LogP contribution < -0.4 is 0 Å². The summed E-state index contributed by atoms with van der Waals surface area (Å²) in [4.78, 5) is 14.7. The molecule has 2 rings (SSSR count). The van der Waals surface area contributed by atoms with Gasteiger partial charge in [-0.3, -0.25) is 4.79 Å². The Morgan fingerprint density at radius 1 is 1.20 bits per heavy atom. The third-order valence-corrected chi connectivity index (χ3v) is 4.21. The highest BCUT2D eigenvalue weighted by Gasteiger charge is 2.27. The van der Waals surface area contributed by atoms with Gasteiger partial charge in [-0.15, -0.1) is 0 Å². The summed E-state index contributed by atoms with van der Waals surface area (Å²) < 4.78 is 7.41. The number of aromatic nitrogens is 1. The van der Waals surface area contributed by atoms with Crippen LogP contribution in [0.1, 0.15) is 37.6 Å². The van der Waals surface area contributed by atoms with E-state index in [1.54, 1.807) is 7.11 Å². The number of ether oxygens (including phenoxy) is 1. The summed E-state index contributed by atoms with van der Waals surface area (Å²) in [6.07, 6.45) is 2.08. The average molecular weight is 342 g/mol. The maximum Gasteiger partial charge on any atom is 0.228 e. The third-order valence-electron chi connectivity index (χ3n) is 4.21. The molecule has 4 nitrogen and oxygen atoms in total. The van der Waals surface area contributed by atoms with Crippen molar-refractivity contribution in [1.82, 2.24) is 9.47 Å². The van der Waals surface area contributed by atoms with E-state index >= 15 is 0 Å². The molecule has 0 saturated heterocycles. The third kappa shape index (κ3) is 5.46. The van der Waals surface area contributed by atoms with E-state index in [2.05, 4.69) is 48.0 Å². The van der Waals surface area contributed by atoms with Gasteiger partial charge in [0.2, 0.25) is 5.91 Å². The minimum absolute atomic E-state index is 0.146. The van der Waals surface area contributed by atoms with Crippen LogP contribution in [-0.4, -0.2) is 35.6 Å². The lowest BCUT2D eigenvalue weighted by atomic mass is 9.94. The van der Waals surface area contributed by atoms with Crippen molar-refractivity contribution < 1.29 is 9.53 Å². The molecule has 0 N–H and O–H groups in total. The highest BCUT2D eigenvalue weighted by atomic mass is 16.5. The second kappa shape index (κ2) is 8.34. The van der Waals surface area contributed by atoms with Crippen LogP contribution in [0.2, 0.25) is 0 Å². The van der Waals surface area contributed by atoms with E-state index in [1.807, 2.05) is 31.7 Å². The van der Waals surface area contributed by atoms with E-state index in [4.69, 9.17) is 4.74 Å². The molecule has 1 aromatic heterocycles. The van der Waals surface area contributed by atoms with Gasteiger partial charge in [0.05, 0.1) is 13.2 Å². The number of carbonyl (C=O) groups is 1. The standard InChI is InChI=1S/C21H30N2O2/c1-17-8-6-9-18(14-17)15-22-11-7-10-19(22)16-23(12-13-25-5)20(24)21(2,3)4/h6-11,14H,12-13,15-16H2,1-5H3. The van der Waals surface area contributed by atoms with Gasteiger partial charge in [-0.2, -0.15) is 0 Å². The Morgan fingerprint density at radius 3 is 2.60 bits per heavy atom. The number of methoxy groups -OCH3 is 1. The Labute approximate surface area is 151 Å². The predicted molar refractivity (Wildman–Crippen MR) is 101 cm³/mol. The van der Waals surface area contributed by atoms with Gasteiger partial charge in [-0.25, -0.2) is 0 Å². The number of aryl methyl sites for hydroxylation is 1. The summed E-state index contributed by atoms with van der Waals surface area (Å²) in [5, 5.41) is 0. The summed E-state index contributed by atoms with van der Waals surface area (Å²) >= 11 is 0. The average Bonchev–Trinajstić information content (AvgIpc) is 2.96. The molecule has 1 amide bonds. The van der Waals surface area contributed by atoms with E-state index in [9.17, 15) is 4.79 Å². The quantitative estimate of drug-likeness (QED) is 0.765. The van der Waals surface area contributed by atoms with Crippen LogP contribution in [0.5, 0.6) is 0 Å². The molecule has 0 bridgehead atoms. The number of benzene rings is 1. The van der Waals surface area contributed by atoms with Crippen LogP contribution in [0.15, 0.2) is 42.6 Å². The summed E-state index contributed by atoms with van der Waals surface area (Å²) in [6.45, 7) is 10.5. The number of carbonyl (C=O) groups excluding carboxylic acids is 1. The van der Waals surface area contributed by atoms with Crippen molar-refractivity contribution in [2.75, 3.05) is 20.3 Å². The van der Waals surface area contributed by atoms with Crippen LogP contribution in [-0.2, 0) is 22.6 Å². The molecule has 2 aromatic rings. The van der Waals surface area contributed by atoms with Crippen molar-refractivity contribution in [3.8, 4) is 0 Å². The minimum Gasteiger partial charge on any atom is -0.383 e. The topological polar surface area (TPSA) is 34.5 Å². The predicted octanol–water partition coefficient (Wildman–Crippen LogP) is 3.87. The molecule has 1 heterocycles. The zero-order chi connectivity index (χ0) is 18.4. The first-order valence-corrected chi connectivity index (χ1v) is 8.79. The Morgan fingerprint density at radius 2 is 1.96 bits per heavy atom. The van der Waals surface area contributed by atoms with Gasteiger partial charge >= 0.3 is 0 Å². The molecule has 136 valence electrons.